The summed E-state index contributed by atoms with van der Waals surface area (Å²) < 4.78 is 0.939. The summed E-state index contributed by atoms with van der Waals surface area (Å²) in [5, 5.41) is 1.70. The van der Waals surface area contributed by atoms with Crippen LogP contribution in [0.25, 0.3) is 20.4 Å². The topological polar surface area (TPSA) is 41.9 Å². The van der Waals surface area contributed by atoms with Crippen LogP contribution >= 0.6 is 22.9 Å². The predicted octanol–water partition coefficient (Wildman–Crippen LogP) is 4.08. The molecule has 3 aromatic heterocycles. The van der Waals surface area contributed by atoms with Gasteiger partial charge in [0.15, 0.2) is 0 Å². The lowest BCUT2D eigenvalue weighted by molar-refractivity contribution is 0.393. The van der Waals surface area contributed by atoms with E-state index in [2.05, 4.69) is 42.8 Å². The van der Waals surface area contributed by atoms with Crippen molar-refractivity contribution in [1.29, 1.82) is 0 Å². The van der Waals surface area contributed by atoms with Crippen LogP contribution in [0.3, 0.4) is 0 Å². The van der Waals surface area contributed by atoms with E-state index in [0.717, 1.165) is 33.7 Å². The van der Waals surface area contributed by atoms with E-state index in [-0.39, 0.29) is 5.41 Å². The molecule has 22 heavy (non-hydrogen) atoms. The molecule has 0 fully saturated rings. The molecule has 3 aromatic rings. The lowest BCUT2D eigenvalue weighted by Gasteiger charge is -2.17. The van der Waals surface area contributed by atoms with Crippen LogP contribution in [0.4, 0.5) is 5.82 Å². The van der Waals surface area contributed by atoms with E-state index in [1.165, 1.54) is 16.5 Å². The maximum Gasteiger partial charge on any atom is 0.150 e. The molecule has 0 unspecified atom stereocenters. The SMILES string of the molecule is CN(C)c1nc2sc3c(Cl)ncnc3c2c2c1CC(C)(C)C2. The van der Waals surface area contributed by atoms with Crippen molar-refractivity contribution in [2.45, 2.75) is 26.7 Å². The second-order valence-electron chi connectivity index (χ2n) is 6.93. The minimum Gasteiger partial charge on any atom is -0.362 e. The van der Waals surface area contributed by atoms with Gasteiger partial charge >= 0.3 is 0 Å². The number of nitrogens with zero attached hydrogens (tertiary/aromatic N) is 4. The molecular formula is C16H17ClN4S. The molecule has 0 saturated carbocycles. The van der Waals surface area contributed by atoms with E-state index < -0.39 is 0 Å². The quantitative estimate of drug-likeness (QED) is 0.630. The molecule has 0 aliphatic heterocycles. The molecule has 6 heteroatoms. The van der Waals surface area contributed by atoms with Crippen molar-refractivity contribution in [2.75, 3.05) is 19.0 Å². The van der Waals surface area contributed by atoms with Gasteiger partial charge in [-0.1, -0.05) is 25.4 Å². The fourth-order valence-corrected chi connectivity index (χ4v) is 4.73. The Morgan fingerprint density at radius 3 is 2.64 bits per heavy atom. The number of halogens is 1. The lowest BCUT2D eigenvalue weighted by atomic mass is 9.90. The van der Waals surface area contributed by atoms with Crippen LogP contribution in [0.2, 0.25) is 5.15 Å². The monoisotopic (exact) mass is 332 g/mol. The molecule has 4 rings (SSSR count). The standard InChI is InChI=1S/C16H17ClN4S/c1-16(2)5-8-9(6-16)14(21(3)4)20-15-10(8)11-12(22-15)13(17)19-7-18-11/h7H,5-6H2,1-4H3. The smallest absolute Gasteiger partial charge is 0.150 e. The number of pyridine rings is 1. The number of hydrogen-bond donors (Lipinski definition) is 0. The van der Waals surface area contributed by atoms with Gasteiger partial charge in [0, 0.05) is 19.5 Å². The van der Waals surface area contributed by atoms with Crippen LogP contribution in [0.5, 0.6) is 0 Å². The first kappa shape index (κ1) is 14.2. The largest absolute Gasteiger partial charge is 0.362 e. The summed E-state index contributed by atoms with van der Waals surface area (Å²) in [6.07, 6.45) is 3.65. The van der Waals surface area contributed by atoms with Crippen molar-refractivity contribution in [2.24, 2.45) is 5.41 Å². The van der Waals surface area contributed by atoms with Gasteiger partial charge in [0.1, 0.15) is 22.1 Å². The molecule has 1 aliphatic rings. The number of thiophene rings is 1. The van der Waals surface area contributed by atoms with E-state index in [1.807, 2.05) is 0 Å². The average Bonchev–Trinajstić information content (AvgIpc) is 2.94. The number of anilines is 1. The molecule has 114 valence electrons. The van der Waals surface area contributed by atoms with E-state index in [9.17, 15) is 0 Å². The Balaban J connectivity index is 2.17. The summed E-state index contributed by atoms with van der Waals surface area (Å²) in [7, 11) is 4.11. The van der Waals surface area contributed by atoms with Crippen LogP contribution in [-0.4, -0.2) is 29.0 Å². The fraction of sp³-hybridized carbons (Fsp3) is 0.438. The Morgan fingerprint density at radius 2 is 1.91 bits per heavy atom. The molecule has 0 spiro atoms. The predicted molar refractivity (Wildman–Crippen MR) is 93.2 cm³/mol. The summed E-state index contributed by atoms with van der Waals surface area (Å²) >= 11 is 7.85. The van der Waals surface area contributed by atoms with Crippen molar-refractivity contribution in [3.63, 3.8) is 0 Å². The molecule has 0 bridgehead atoms. The van der Waals surface area contributed by atoms with Crippen LogP contribution in [0, 0.1) is 5.41 Å². The molecule has 0 radical (unpaired) electrons. The molecule has 0 saturated heterocycles. The third kappa shape index (κ3) is 1.92. The van der Waals surface area contributed by atoms with Crippen molar-refractivity contribution < 1.29 is 0 Å². The van der Waals surface area contributed by atoms with E-state index in [4.69, 9.17) is 16.6 Å². The summed E-state index contributed by atoms with van der Waals surface area (Å²) in [5.74, 6) is 1.07. The maximum atomic E-state index is 6.26. The second kappa shape index (κ2) is 4.52. The Hall–Kier alpha value is -1.46. The van der Waals surface area contributed by atoms with E-state index in [1.54, 1.807) is 17.7 Å². The minimum atomic E-state index is 0.258. The summed E-state index contributed by atoms with van der Waals surface area (Å²) in [4.78, 5) is 16.6. The zero-order chi connectivity index (χ0) is 15.6. The number of fused-ring (bicyclic) bond motifs is 5. The van der Waals surface area contributed by atoms with Crippen LogP contribution in [-0.2, 0) is 12.8 Å². The number of aromatic nitrogens is 3. The highest BCUT2D eigenvalue weighted by Crippen LogP contribution is 2.47. The van der Waals surface area contributed by atoms with Crippen molar-refractivity contribution in [3.8, 4) is 0 Å². The molecule has 1 aliphatic carbocycles. The van der Waals surface area contributed by atoms with Crippen molar-refractivity contribution in [3.05, 3.63) is 22.6 Å². The highest BCUT2D eigenvalue weighted by molar-refractivity contribution is 7.26. The Labute approximate surface area is 138 Å². The lowest BCUT2D eigenvalue weighted by Crippen LogP contribution is -2.14. The summed E-state index contributed by atoms with van der Waals surface area (Å²) in [6.45, 7) is 4.63. The normalized spacial score (nSPS) is 16.4. The first-order valence-corrected chi connectivity index (χ1v) is 8.48. The van der Waals surface area contributed by atoms with Gasteiger partial charge in [0.25, 0.3) is 0 Å². The molecule has 0 amide bonds. The number of hydrogen-bond acceptors (Lipinski definition) is 5. The van der Waals surface area contributed by atoms with Gasteiger partial charge in [-0.3, -0.25) is 0 Å². The van der Waals surface area contributed by atoms with Crippen LogP contribution in [0.15, 0.2) is 6.33 Å². The molecule has 0 N–H and O–H groups in total. The van der Waals surface area contributed by atoms with Gasteiger partial charge in [-0.2, -0.15) is 0 Å². The third-order valence-electron chi connectivity index (χ3n) is 4.29. The maximum absolute atomic E-state index is 6.26. The summed E-state index contributed by atoms with van der Waals surface area (Å²) in [5.41, 5.74) is 3.96. The van der Waals surface area contributed by atoms with Crippen LogP contribution in [0.1, 0.15) is 25.0 Å². The van der Waals surface area contributed by atoms with E-state index in [0.29, 0.717) is 5.15 Å². The van der Waals surface area contributed by atoms with Gasteiger partial charge in [-0.25, -0.2) is 15.0 Å². The van der Waals surface area contributed by atoms with Gasteiger partial charge in [-0.05, 0) is 29.4 Å². The fourth-order valence-electron chi connectivity index (χ4n) is 3.44. The average molecular weight is 333 g/mol. The second-order valence-corrected chi connectivity index (χ2v) is 8.29. The van der Waals surface area contributed by atoms with Gasteiger partial charge in [0.05, 0.1) is 10.2 Å². The molecule has 0 atom stereocenters. The Kier molecular flexibility index (Phi) is 2.91. The zero-order valence-corrected chi connectivity index (χ0v) is 14.6. The molecular weight excluding hydrogens is 316 g/mol. The third-order valence-corrected chi connectivity index (χ3v) is 5.77. The van der Waals surface area contributed by atoms with Crippen molar-refractivity contribution in [1.82, 2.24) is 15.0 Å². The Morgan fingerprint density at radius 1 is 1.18 bits per heavy atom. The molecule has 0 aromatic carbocycles. The highest BCUT2D eigenvalue weighted by Gasteiger charge is 2.34. The molecule has 4 nitrogen and oxygen atoms in total. The van der Waals surface area contributed by atoms with E-state index >= 15 is 0 Å². The summed E-state index contributed by atoms with van der Waals surface area (Å²) in [6, 6.07) is 0. The minimum absolute atomic E-state index is 0.258. The zero-order valence-electron chi connectivity index (χ0n) is 13.1. The van der Waals surface area contributed by atoms with Crippen molar-refractivity contribution >= 4 is 49.2 Å². The number of rotatable bonds is 1. The van der Waals surface area contributed by atoms with Gasteiger partial charge in [0.2, 0.25) is 0 Å². The van der Waals surface area contributed by atoms with Gasteiger partial charge < -0.3 is 4.90 Å². The first-order valence-electron chi connectivity index (χ1n) is 7.29. The van der Waals surface area contributed by atoms with Gasteiger partial charge in [-0.15, -0.1) is 11.3 Å². The van der Waals surface area contributed by atoms with Crippen LogP contribution < -0.4 is 4.90 Å². The highest BCUT2D eigenvalue weighted by atomic mass is 35.5. The Bertz CT molecular complexity index is 914. The molecule has 3 heterocycles. The first-order chi connectivity index (χ1) is 10.4.